The lowest BCUT2D eigenvalue weighted by atomic mass is 10.0. The zero-order valence-corrected chi connectivity index (χ0v) is 15.2. The lowest BCUT2D eigenvalue weighted by molar-refractivity contribution is -0.0375. The number of nitrogens with one attached hydrogen (secondary N) is 1. The third-order valence-corrected chi connectivity index (χ3v) is 5.06. The van der Waals surface area contributed by atoms with Crippen LogP contribution in [-0.4, -0.2) is 37.3 Å². The standard InChI is InChI=1S/C16H17ClN6OS/c1-10-4-14(25-22-10)20-16-18-6-13(17)15(21-16)12-5-19-23(7-12)3-2-11-8-24-9-11/h4-7,11H,2-3,8-9H2,1H3,(H,18,20,21). The van der Waals surface area contributed by atoms with Crippen molar-refractivity contribution < 1.29 is 4.74 Å². The van der Waals surface area contributed by atoms with Gasteiger partial charge in [-0.25, -0.2) is 9.97 Å². The van der Waals surface area contributed by atoms with Crippen LogP contribution in [0, 0.1) is 12.8 Å². The van der Waals surface area contributed by atoms with Crippen molar-refractivity contribution in [2.24, 2.45) is 5.92 Å². The van der Waals surface area contributed by atoms with E-state index in [0.29, 0.717) is 22.6 Å². The van der Waals surface area contributed by atoms with E-state index >= 15 is 0 Å². The lowest BCUT2D eigenvalue weighted by Crippen LogP contribution is -2.28. The molecule has 1 N–H and O–H groups in total. The molecule has 3 aromatic rings. The molecule has 0 bridgehead atoms. The molecule has 0 spiro atoms. The summed E-state index contributed by atoms with van der Waals surface area (Å²) in [5.74, 6) is 1.14. The van der Waals surface area contributed by atoms with Gasteiger partial charge in [-0.15, -0.1) is 0 Å². The average molecular weight is 377 g/mol. The summed E-state index contributed by atoms with van der Waals surface area (Å²) in [6, 6.07) is 1.95. The number of ether oxygens (including phenoxy) is 1. The molecule has 0 aromatic carbocycles. The third-order valence-electron chi connectivity index (χ3n) is 3.99. The molecule has 0 aliphatic carbocycles. The first-order valence-electron chi connectivity index (χ1n) is 8.01. The number of nitrogens with zero attached hydrogens (tertiary/aromatic N) is 5. The van der Waals surface area contributed by atoms with Crippen LogP contribution in [0.2, 0.25) is 5.02 Å². The minimum absolute atomic E-state index is 0.488. The topological polar surface area (TPSA) is 77.8 Å². The number of rotatable bonds is 6. The maximum Gasteiger partial charge on any atom is 0.228 e. The fraction of sp³-hybridized carbons (Fsp3) is 0.375. The first kappa shape index (κ1) is 16.4. The van der Waals surface area contributed by atoms with E-state index < -0.39 is 0 Å². The number of hydrogen-bond donors (Lipinski definition) is 1. The van der Waals surface area contributed by atoms with Crippen LogP contribution in [0.3, 0.4) is 0 Å². The molecule has 9 heteroatoms. The van der Waals surface area contributed by atoms with Crippen molar-refractivity contribution in [3.05, 3.63) is 35.4 Å². The van der Waals surface area contributed by atoms with E-state index in [-0.39, 0.29) is 0 Å². The van der Waals surface area contributed by atoms with Crippen LogP contribution in [0.15, 0.2) is 24.7 Å². The van der Waals surface area contributed by atoms with Gasteiger partial charge in [0, 0.05) is 24.2 Å². The largest absolute Gasteiger partial charge is 0.381 e. The molecule has 0 saturated carbocycles. The SMILES string of the molecule is Cc1cc(Nc2ncc(Cl)c(-c3cnn(CCC4COC4)c3)n2)sn1. The van der Waals surface area contributed by atoms with Gasteiger partial charge >= 0.3 is 0 Å². The van der Waals surface area contributed by atoms with Gasteiger partial charge in [-0.1, -0.05) is 11.6 Å². The van der Waals surface area contributed by atoms with Gasteiger partial charge in [-0.3, -0.25) is 4.68 Å². The minimum Gasteiger partial charge on any atom is -0.381 e. The summed E-state index contributed by atoms with van der Waals surface area (Å²) in [6.07, 6.45) is 6.42. The Morgan fingerprint density at radius 3 is 3.00 bits per heavy atom. The quantitative estimate of drug-likeness (QED) is 0.709. The summed E-state index contributed by atoms with van der Waals surface area (Å²) in [7, 11) is 0. The van der Waals surface area contributed by atoms with Crippen LogP contribution in [0.4, 0.5) is 10.9 Å². The molecular weight excluding hydrogens is 360 g/mol. The van der Waals surface area contributed by atoms with Gasteiger partial charge in [0.25, 0.3) is 0 Å². The van der Waals surface area contributed by atoms with Gasteiger partial charge in [0.2, 0.25) is 5.95 Å². The predicted octanol–water partition coefficient (Wildman–Crippen LogP) is 3.54. The maximum atomic E-state index is 6.29. The molecule has 3 aromatic heterocycles. The van der Waals surface area contributed by atoms with Crippen molar-refractivity contribution in [2.75, 3.05) is 18.5 Å². The maximum absolute atomic E-state index is 6.29. The molecule has 130 valence electrons. The van der Waals surface area contributed by atoms with Gasteiger partial charge in [-0.05, 0) is 30.9 Å². The summed E-state index contributed by atoms with van der Waals surface area (Å²) in [5.41, 5.74) is 2.50. The van der Waals surface area contributed by atoms with Crippen molar-refractivity contribution in [1.29, 1.82) is 0 Å². The normalized spacial score (nSPS) is 14.5. The predicted molar refractivity (Wildman–Crippen MR) is 97.3 cm³/mol. The van der Waals surface area contributed by atoms with E-state index in [1.54, 1.807) is 12.4 Å². The van der Waals surface area contributed by atoms with Crippen LogP contribution in [0.1, 0.15) is 12.1 Å². The molecule has 4 rings (SSSR count). The van der Waals surface area contributed by atoms with Crippen molar-refractivity contribution in [1.82, 2.24) is 24.1 Å². The van der Waals surface area contributed by atoms with Crippen LogP contribution >= 0.6 is 23.1 Å². The van der Waals surface area contributed by atoms with Gasteiger partial charge in [0.15, 0.2) is 0 Å². The highest BCUT2D eigenvalue weighted by molar-refractivity contribution is 7.10. The molecule has 1 saturated heterocycles. The van der Waals surface area contributed by atoms with Crippen molar-refractivity contribution in [3.63, 3.8) is 0 Å². The second-order valence-electron chi connectivity index (χ2n) is 6.03. The van der Waals surface area contributed by atoms with Crippen LogP contribution < -0.4 is 5.32 Å². The Bertz CT molecular complexity index is 875. The van der Waals surface area contributed by atoms with Crippen LogP contribution in [0.25, 0.3) is 11.3 Å². The Morgan fingerprint density at radius 2 is 2.28 bits per heavy atom. The zero-order chi connectivity index (χ0) is 17.2. The smallest absolute Gasteiger partial charge is 0.228 e. The minimum atomic E-state index is 0.488. The van der Waals surface area contributed by atoms with Crippen molar-refractivity contribution in [2.45, 2.75) is 19.9 Å². The monoisotopic (exact) mass is 376 g/mol. The number of aryl methyl sites for hydroxylation is 2. The number of anilines is 2. The molecule has 1 aliphatic rings. The van der Waals surface area contributed by atoms with Crippen LogP contribution in [0.5, 0.6) is 0 Å². The zero-order valence-electron chi connectivity index (χ0n) is 13.6. The van der Waals surface area contributed by atoms with Crippen molar-refractivity contribution in [3.8, 4) is 11.3 Å². The Labute approximate surface area is 154 Å². The number of halogens is 1. The Balaban J connectivity index is 1.50. The number of aromatic nitrogens is 5. The fourth-order valence-corrected chi connectivity index (χ4v) is 3.39. The lowest BCUT2D eigenvalue weighted by Gasteiger charge is -2.25. The summed E-state index contributed by atoms with van der Waals surface area (Å²) in [5, 5.41) is 8.96. The first-order valence-corrected chi connectivity index (χ1v) is 9.16. The average Bonchev–Trinajstić information content (AvgIpc) is 3.17. The highest BCUT2D eigenvalue weighted by Crippen LogP contribution is 2.27. The van der Waals surface area contributed by atoms with E-state index in [0.717, 1.165) is 42.4 Å². The molecule has 0 amide bonds. The molecule has 4 heterocycles. The summed E-state index contributed by atoms with van der Waals surface area (Å²) in [4.78, 5) is 8.77. The van der Waals surface area contributed by atoms with E-state index in [1.807, 2.05) is 23.9 Å². The molecule has 1 fully saturated rings. The van der Waals surface area contributed by atoms with Crippen LogP contribution in [-0.2, 0) is 11.3 Å². The molecule has 0 unspecified atom stereocenters. The Kier molecular flexibility index (Phi) is 4.65. The molecule has 25 heavy (non-hydrogen) atoms. The molecule has 0 atom stereocenters. The van der Waals surface area contributed by atoms with E-state index in [1.165, 1.54) is 11.5 Å². The highest BCUT2D eigenvalue weighted by atomic mass is 35.5. The highest BCUT2D eigenvalue weighted by Gasteiger charge is 2.18. The third kappa shape index (κ3) is 3.81. The molecule has 1 aliphatic heterocycles. The second kappa shape index (κ2) is 7.07. The van der Waals surface area contributed by atoms with Gasteiger partial charge in [0.05, 0.1) is 42.0 Å². The molecular formula is C16H17ClN6OS. The van der Waals surface area contributed by atoms with E-state index in [2.05, 4.69) is 24.8 Å². The number of hydrogen-bond acceptors (Lipinski definition) is 7. The van der Waals surface area contributed by atoms with Gasteiger partial charge in [-0.2, -0.15) is 9.47 Å². The summed E-state index contributed by atoms with van der Waals surface area (Å²) in [6.45, 7) is 4.53. The molecule has 0 radical (unpaired) electrons. The fourth-order valence-electron chi connectivity index (χ4n) is 2.54. The Morgan fingerprint density at radius 1 is 1.40 bits per heavy atom. The Hall–Kier alpha value is -2.03. The van der Waals surface area contributed by atoms with Gasteiger partial charge in [0.1, 0.15) is 5.00 Å². The van der Waals surface area contributed by atoms with Gasteiger partial charge < -0.3 is 10.1 Å². The van der Waals surface area contributed by atoms with E-state index in [4.69, 9.17) is 16.3 Å². The van der Waals surface area contributed by atoms with Crippen molar-refractivity contribution >= 4 is 34.1 Å². The summed E-state index contributed by atoms with van der Waals surface area (Å²) < 4.78 is 11.4. The first-order chi connectivity index (χ1) is 12.2. The van der Waals surface area contributed by atoms with E-state index in [9.17, 15) is 0 Å². The second-order valence-corrected chi connectivity index (χ2v) is 7.24. The molecule has 7 nitrogen and oxygen atoms in total. The summed E-state index contributed by atoms with van der Waals surface area (Å²) >= 11 is 7.66.